The van der Waals surface area contributed by atoms with E-state index < -0.39 is 0 Å². The van der Waals surface area contributed by atoms with Crippen molar-refractivity contribution in [2.24, 2.45) is 7.05 Å². The summed E-state index contributed by atoms with van der Waals surface area (Å²) in [5, 5.41) is 8.61. The van der Waals surface area contributed by atoms with Gasteiger partial charge in [-0.15, -0.1) is 0 Å². The molecule has 0 fully saturated rings. The first-order valence-corrected chi connectivity index (χ1v) is 7.98. The summed E-state index contributed by atoms with van der Waals surface area (Å²) in [7, 11) is 1.85. The fraction of sp³-hybridized carbons (Fsp3) is 0.353. The van der Waals surface area contributed by atoms with Crippen molar-refractivity contribution in [1.82, 2.24) is 19.7 Å². The molecule has 2 heterocycles. The largest absolute Gasteiger partial charge is 0.490 e. The average molecular weight is 327 g/mol. The van der Waals surface area contributed by atoms with Crippen LogP contribution in [-0.4, -0.2) is 33.0 Å². The lowest BCUT2D eigenvalue weighted by atomic mass is 10.1. The monoisotopic (exact) mass is 327 g/mol. The Morgan fingerprint density at radius 1 is 1.08 bits per heavy atom. The molecule has 0 aliphatic heterocycles. The van der Waals surface area contributed by atoms with Crippen LogP contribution in [0.15, 0.2) is 30.7 Å². The molecule has 0 atom stereocenters. The van der Waals surface area contributed by atoms with Gasteiger partial charge in [0, 0.05) is 30.4 Å². The van der Waals surface area contributed by atoms with Gasteiger partial charge < -0.3 is 14.8 Å². The van der Waals surface area contributed by atoms with Crippen molar-refractivity contribution in [3.63, 3.8) is 0 Å². The molecule has 0 bridgehead atoms. The minimum absolute atomic E-state index is 0.539. The van der Waals surface area contributed by atoms with Crippen molar-refractivity contribution in [3.8, 4) is 11.5 Å². The van der Waals surface area contributed by atoms with Crippen LogP contribution in [0.2, 0.25) is 0 Å². The molecule has 24 heavy (non-hydrogen) atoms. The summed E-state index contributed by atoms with van der Waals surface area (Å²) in [5.74, 6) is 2.17. The lowest BCUT2D eigenvalue weighted by Gasteiger charge is -2.14. The second-order valence-electron chi connectivity index (χ2n) is 5.23. The molecule has 3 rings (SSSR count). The maximum absolute atomic E-state index is 5.71. The molecule has 0 saturated heterocycles. The SMILES string of the molecule is CCOc1cc2nccc(NCc3ncn(C)n3)c2cc1OCC. The normalized spacial score (nSPS) is 10.8. The third-order valence-corrected chi connectivity index (χ3v) is 3.49. The maximum atomic E-state index is 5.71. The number of nitrogens with one attached hydrogen (secondary N) is 1. The third-order valence-electron chi connectivity index (χ3n) is 3.49. The van der Waals surface area contributed by atoms with Gasteiger partial charge in [-0.05, 0) is 26.0 Å². The number of hydrogen-bond donors (Lipinski definition) is 1. The van der Waals surface area contributed by atoms with Crippen molar-refractivity contribution in [2.45, 2.75) is 20.4 Å². The number of pyridine rings is 1. The Labute approximate surface area is 140 Å². The number of ether oxygens (including phenoxy) is 2. The third kappa shape index (κ3) is 3.40. The first-order chi connectivity index (χ1) is 11.7. The van der Waals surface area contributed by atoms with Gasteiger partial charge in [-0.3, -0.25) is 9.67 Å². The molecule has 0 unspecified atom stereocenters. The Bertz CT molecular complexity index is 831. The Morgan fingerprint density at radius 2 is 1.83 bits per heavy atom. The zero-order valence-corrected chi connectivity index (χ0v) is 14.1. The van der Waals surface area contributed by atoms with E-state index in [2.05, 4.69) is 20.4 Å². The van der Waals surface area contributed by atoms with Gasteiger partial charge in [0.2, 0.25) is 0 Å². The van der Waals surface area contributed by atoms with E-state index in [1.807, 2.05) is 39.1 Å². The lowest BCUT2D eigenvalue weighted by molar-refractivity contribution is 0.288. The number of fused-ring (bicyclic) bond motifs is 1. The van der Waals surface area contributed by atoms with Crippen molar-refractivity contribution < 1.29 is 9.47 Å². The Balaban J connectivity index is 1.93. The van der Waals surface area contributed by atoms with Gasteiger partial charge in [0.25, 0.3) is 0 Å². The lowest BCUT2D eigenvalue weighted by Crippen LogP contribution is -2.04. The number of nitrogens with zero attached hydrogens (tertiary/aromatic N) is 4. The van der Waals surface area contributed by atoms with E-state index in [0.717, 1.165) is 28.2 Å². The van der Waals surface area contributed by atoms with Gasteiger partial charge in [-0.25, -0.2) is 4.98 Å². The fourth-order valence-electron chi connectivity index (χ4n) is 2.48. The second kappa shape index (κ2) is 7.16. The summed E-state index contributed by atoms with van der Waals surface area (Å²) in [6, 6.07) is 5.81. The van der Waals surface area contributed by atoms with Crippen LogP contribution in [0.1, 0.15) is 19.7 Å². The maximum Gasteiger partial charge on any atom is 0.169 e. The van der Waals surface area contributed by atoms with Crippen LogP contribution in [0.5, 0.6) is 11.5 Å². The Hall–Kier alpha value is -2.83. The minimum Gasteiger partial charge on any atom is -0.490 e. The molecule has 126 valence electrons. The number of hydrogen-bond acceptors (Lipinski definition) is 6. The summed E-state index contributed by atoms with van der Waals surface area (Å²) in [6.07, 6.45) is 3.45. The molecule has 0 saturated carbocycles. The highest BCUT2D eigenvalue weighted by Crippen LogP contribution is 2.35. The zero-order chi connectivity index (χ0) is 16.9. The van der Waals surface area contributed by atoms with Crippen LogP contribution in [0.25, 0.3) is 10.9 Å². The van der Waals surface area contributed by atoms with Gasteiger partial charge in [0.05, 0.1) is 25.3 Å². The van der Waals surface area contributed by atoms with Crippen LogP contribution in [0, 0.1) is 0 Å². The van der Waals surface area contributed by atoms with E-state index in [0.29, 0.717) is 25.5 Å². The van der Waals surface area contributed by atoms with Crippen LogP contribution in [0.4, 0.5) is 5.69 Å². The Kier molecular flexibility index (Phi) is 4.79. The highest BCUT2D eigenvalue weighted by molar-refractivity contribution is 5.93. The van der Waals surface area contributed by atoms with Gasteiger partial charge in [-0.1, -0.05) is 0 Å². The van der Waals surface area contributed by atoms with Gasteiger partial charge in [0.15, 0.2) is 17.3 Å². The number of benzene rings is 1. The molecule has 3 aromatic rings. The molecule has 7 heteroatoms. The van der Waals surface area contributed by atoms with Crippen LogP contribution in [-0.2, 0) is 13.6 Å². The average Bonchev–Trinajstić information content (AvgIpc) is 2.99. The number of aryl methyl sites for hydroxylation is 1. The number of anilines is 1. The Morgan fingerprint density at radius 3 is 2.50 bits per heavy atom. The topological polar surface area (TPSA) is 74.1 Å². The van der Waals surface area contributed by atoms with Gasteiger partial charge in [-0.2, -0.15) is 5.10 Å². The number of aromatic nitrogens is 4. The molecular weight excluding hydrogens is 306 g/mol. The van der Waals surface area contributed by atoms with Crippen LogP contribution >= 0.6 is 0 Å². The molecular formula is C17H21N5O2. The van der Waals surface area contributed by atoms with E-state index in [9.17, 15) is 0 Å². The van der Waals surface area contributed by atoms with Crippen LogP contribution < -0.4 is 14.8 Å². The second-order valence-corrected chi connectivity index (χ2v) is 5.23. The summed E-state index contributed by atoms with van der Waals surface area (Å²) in [5.41, 5.74) is 1.80. The molecule has 0 aliphatic carbocycles. The molecule has 0 amide bonds. The molecule has 1 aromatic carbocycles. The van der Waals surface area contributed by atoms with Crippen molar-refractivity contribution in [1.29, 1.82) is 0 Å². The molecule has 1 N–H and O–H groups in total. The molecule has 2 aromatic heterocycles. The standard InChI is InChI=1S/C17H21N5O2/c1-4-23-15-8-12-13(19-10-17-20-11-22(3)21-17)6-7-18-14(12)9-16(15)24-5-2/h6-9,11H,4-5,10H2,1-3H3,(H,18,19). The van der Waals surface area contributed by atoms with E-state index in [-0.39, 0.29) is 0 Å². The summed E-state index contributed by atoms with van der Waals surface area (Å²) in [6.45, 7) is 5.60. The predicted molar refractivity (Wildman–Crippen MR) is 92.4 cm³/mol. The summed E-state index contributed by atoms with van der Waals surface area (Å²) in [4.78, 5) is 8.66. The van der Waals surface area contributed by atoms with E-state index in [4.69, 9.17) is 9.47 Å². The van der Waals surface area contributed by atoms with Gasteiger partial charge >= 0.3 is 0 Å². The van der Waals surface area contributed by atoms with Crippen molar-refractivity contribution in [3.05, 3.63) is 36.5 Å². The number of rotatable bonds is 7. The molecule has 7 nitrogen and oxygen atoms in total. The molecule has 0 aliphatic rings. The molecule has 0 radical (unpaired) electrons. The predicted octanol–water partition coefficient (Wildman–Crippen LogP) is 2.77. The van der Waals surface area contributed by atoms with Crippen molar-refractivity contribution in [2.75, 3.05) is 18.5 Å². The first-order valence-electron chi connectivity index (χ1n) is 7.98. The smallest absolute Gasteiger partial charge is 0.169 e. The van der Waals surface area contributed by atoms with Gasteiger partial charge in [0.1, 0.15) is 6.33 Å². The fourth-order valence-corrected chi connectivity index (χ4v) is 2.48. The quantitative estimate of drug-likeness (QED) is 0.719. The zero-order valence-electron chi connectivity index (χ0n) is 14.1. The summed E-state index contributed by atoms with van der Waals surface area (Å²) < 4.78 is 13.1. The minimum atomic E-state index is 0.539. The molecule has 0 spiro atoms. The highest BCUT2D eigenvalue weighted by Gasteiger charge is 2.11. The van der Waals surface area contributed by atoms with Crippen molar-refractivity contribution >= 4 is 16.6 Å². The highest BCUT2D eigenvalue weighted by atomic mass is 16.5. The van der Waals surface area contributed by atoms with E-state index in [1.165, 1.54) is 0 Å². The van der Waals surface area contributed by atoms with E-state index in [1.54, 1.807) is 17.2 Å². The van der Waals surface area contributed by atoms with Crippen LogP contribution in [0.3, 0.4) is 0 Å². The summed E-state index contributed by atoms with van der Waals surface area (Å²) >= 11 is 0. The van der Waals surface area contributed by atoms with E-state index >= 15 is 0 Å². The first kappa shape index (κ1) is 16.0.